The molecule has 0 atom stereocenters. The van der Waals surface area contributed by atoms with Crippen LogP contribution in [0.2, 0.25) is 0 Å². The molecular formula is C17H30N4. The van der Waals surface area contributed by atoms with E-state index < -0.39 is 0 Å². The average Bonchev–Trinajstić information content (AvgIpc) is 2.48. The van der Waals surface area contributed by atoms with Crippen LogP contribution in [0.4, 0.5) is 5.95 Å². The van der Waals surface area contributed by atoms with Crippen LogP contribution in [0, 0.1) is 6.92 Å². The van der Waals surface area contributed by atoms with E-state index in [1.807, 2.05) is 6.20 Å². The Morgan fingerprint density at radius 3 is 2.57 bits per heavy atom. The molecule has 4 heteroatoms. The molecule has 118 valence electrons. The van der Waals surface area contributed by atoms with E-state index in [2.05, 4.69) is 42.9 Å². The van der Waals surface area contributed by atoms with Crippen molar-refractivity contribution in [2.24, 2.45) is 0 Å². The first-order valence-electron chi connectivity index (χ1n) is 8.44. The van der Waals surface area contributed by atoms with Gasteiger partial charge in [-0.25, -0.2) is 9.97 Å². The topological polar surface area (TPSA) is 41.1 Å². The van der Waals surface area contributed by atoms with E-state index in [1.54, 1.807) is 0 Å². The second-order valence-electron chi connectivity index (χ2n) is 6.39. The number of hydrogen-bond donors (Lipinski definition) is 1. The van der Waals surface area contributed by atoms with E-state index >= 15 is 0 Å². The molecule has 0 spiro atoms. The summed E-state index contributed by atoms with van der Waals surface area (Å²) in [4.78, 5) is 11.8. The fourth-order valence-corrected chi connectivity index (χ4v) is 3.06. The van der Waals surface area contributed by atoms with Crippen molar-refractivity contribution >= 4 is 5.95 Å². The number of nitrogens with zero attached hydrogens (tertiary/aromatic N) is 3. The van der Waals surface area contributed by atoms with Crippen LogP contribution in [0.15, 0.2) is 6.20 Å². The van der Waals surface area contributed by atoms with Gasteiger partial charge in [0, 0.05) is 42.6 Å². The predicted octanol–water partition coefficient (Wildman–Crippen LogP) is 3.44. The minimum absolute atomic E-state index is 0.485. The van der Waals surface area contributed by atoms with Crippen molar-refractivity contribution in [1.29, 1.82) is 0 Å². The Morgan fingerprint density at radius 2 is 2.00 bits per heavy atom. The van der Waals surface area contributed by atoms with Crippen LogP contribution < -0.4 is 10.2 Å². The second-order valence-corrected chi connectivity index (χ2v) is 6.39. The molecule has 0 saturated heterocycles. The van der Waals surface area contributed by atoms with Crippen molar-refractivity contribution < 1.29 is 0 Å². The van der Waals surface area contributed by atoms with E-state index in [0.29, 0.717) is 12.1 Å². The van der Waals surface area contributed by atoms with Crippen LogP contribution in [-0.2, 0) is 6.54 Å². The minimum Gasteiger partial charge on any atom is -0.338 e. The molecule has 2 rings (SSSR count). The number of aryl methyl sites for hydroxylation is 1. The lowest BCUT2D eigenvalue weighted by molar-refractivity contribution is 0.414. The van der Waals surface area contributed by atoms with Crippen LogP contribution in [-0.4, -0.2) is 28.6 Å². The van der Waals surface area contributed by atoms with Crippen LogP contribution in [0.3, 0.4) is 0 Å². The average molecular weight is 290 g/mol. The van der Waals surface area contributed by atoms with Gasteiger partial charge in [-0.05, 0) is 26.7 Å². The zero-order valence-corrected chi connectivity index (χ0v) is 14.0. The highest BCUT2D eigenvalue weighted by atomic mass is 15.3. The molecule has 1 aromatic heterocycles. The number of aromatic nitrogens is 2. The van der Waals surface area contributed by atoms with Gasteiger partial charge in [-0.1, -0.05) is 33.1 Å². The number of hydrogen-bond acceptors (Lipinski definition) is 4. The lowest BCUT2D eigenvalue weighted by Gasteiger charge is -2.33. The Labute approximate surface area is 129 Å². The van der Waals surface area contributed by atoms with Gasteiger partial charge in [0.25, 0.3) is 0 Å². The molecule has 0 radical (unpaired) electrons. The fourth-order valence-electron chi connectivity index (χ4n) is 3.06. The molecule has 4 nitrogen and oxygen atoms in total. The van der Waals surface area contributed by atoms with Crippen molar-refractivity contribution in [1.82, 2.24) is 15.3 Å². The van der Waals surface area contributed by atoms with Crippen molar-refractivity contribution in [3.63, 3.8) is 0 Å². The third-order valence-corrected chi connectivity index (χ3v) is 4.38. The largest absolute Gasteiger partial charge is 0.338 e. The molecular weight excluding hydrogens is 260 g/mol. The molecule has 1 aliphatic rings. The normalized spacial score (nSPS) is 16.4. The summed E-state index contributed by atoms with van der Waals surface area (Å²) < 4.78 is 0. The number of anilines is 1. The van der Waals surface area contributed by atoms with E-state index in [-0.39, 0.29) is 0 Å². The molecule has 0 unspecified atom stereocenters. The maximum absolute atomic E-state index is 4.77. The number of rotatable bonds is 6. The summed E-state index contributed by atoms with van der Waals surface area (Å²) in [5.41, 5.74) is 2.30. The maximum Gasteiger partial charge on any atom is 0.225 e. The molecule has 1 fully saturated rings. The molecule has 0 aliphatic heterocycles. The van der Waals surface area contributed by atoms with Gasteiger partial charge in [0.15, 0.2) is 0 Å². The predicted molar refractivity (Wildman–Crippen MR) is 88.6 cm³/mol. The Bertz CT molecular complexity index is 438. The van der Waals surface area contributed by atoms with E-state index in [9.17, 15) is 0 Å². The fraction of sp³-hybridized carbons (Fsp3) is 0.765. The van der Waals surface area contributed by atoms with Gasteiger partial charge < -0.3 is 10.2 Å². The Hall–Kier alpha value is -1.16. The van der Waals surface area contributed by atoms with Gasteiger partial charge in [-0.15, -0.1) is 0 Å². The number of nitrogens with one attached hydrogen (secondary N) is 1. The summed E-state index contributed by atoms with van der Waals surface area (Å²) in [6.45, 7) is 10.5. The zero-order valence-electron chi connectivity index (χ0n) is 14.0. The van der Waals surface area contributed by atoms with E-state index in [1.165, 1.54) is 37.7 Å². The monoisotopic (exact) mass is 290 g/mol. The summed E-state index contributed by atoms with van der Waals surface area (Å²) in [6.07, 6.45) is 8.64. The molecule has 21 heavy (non-hydrogen) atoms. The van der Waals surface area contributed by atoms with Crippen molar-refractivity contribution in [2.45, 2.75) is 78.4 Å². The smallest absolute Gasteiger partial charge is 0.225 e. The summed E-state index contributed by atoms with van der Waals surface area (Å²) >= 11 is 0. The van der Waals surface area contributed by atoms with Crippen molar-refractivity contribution in [3.05, 3.63) is 17.5 Å². The molecule has 0 amide bonds. The molecule has 1 aromatic rings. The lowest BCUT2D eigenvalue weighted by atomic mass is 9.94. The van der Waals surface area contributed by atoms with Gasteiger partial charge in [-0.2, -0.15) is 0 Å². The third-order valence-electron chi connectivity index (χ3n) is 4.38. The van der Waals surface area contributed by atoms with Gasteiger partial charge in [-0.3, -0.25) is 0 Å². The van der Waals surface area contributed by atoms with Gasteiger partial charge in [0.2, 0.25) is 5.95 Å². The molecule has 1 heterocycles. The van der Waals surface area contributed by atoms with Gasteiger partial charge in [0.05, 0.1) is 0 Å². The van der Waals surface area contributed by atoms with Gasteiger partial charge in [0.1, 0.15) is 0 Å². The first-order valence-corrected chi connectivity index (χ1v) is 8.44. The SMILES string of the molecule is CCN(c1ncc(CNC(C)C)c(C)n1)C1CCCCC1. The first kappa shape index (κ1) is 16.2. The molecule has 0 bridgehead atoms. The highest BCUT2D eigenvalue weighted by Gasteiger charge is 2.22. The second kappa shape index (κ2) is 7.74. The lowest BCUT2D eigenvalue weighted by Crippen LogP contribution is -2.38. The minimum atomic E-state index is 0.485. The van der Waals surface area contributed by atoms with Crippen LogP contribution >= 0.6 is 0 Å². The Kier molecular flexibility index (Phi) is 5.97. The Morgan fingerprint density at radius 1 is 1.29 bits per heavy atom. The van der Waals surface area contributed by atoms with Crippen LogP contribution in [0.25, 0.3) is 0 Å². The van der Waals surface area contributed by atoms with Crippen LogP contribution in [0.1, 0.15) is 64.1 Å². The summed E-state index contributed by atoms with van der Waals surface area (Å²) in [5.74, 6) is 0.912. The maximum atomic E-state index is 4.77. The summed E-state index contributed by atoms with van der Waals surface area (Å²) in [7, 11) is 0. The summed E-state index contributed by atoms with van der Waals surface area (Å²) in [5, 5.41) is 3.44. The van der Waals surface area contributed by atoms with E-state index in [4.69, 9.17) is 4.98 Å². The standard InChI is InChI=1S/C17H30N4/c1-5-21(16-9-7-6-8-10-16)17-19-12-15(14(4)20-17)11-18-13(2)3/h12-13,16,18H,5-11H2,1-4H3. The quantitative estimate of drug-likeness (QED) is 0.871. The highest BCUT2D eigenvalue weighted by molar-refractivity contribution is 5.34. The highest BCUT2D eigenvalue weighted by Crippen LogP contribution is 2.25. The van der Waals surface area contributed by atoms with Gasteiger partial charge >= 0.3 is 0 Å². The van der Waals surface area contributed by atoms with Crippen LogP contribution in [0.5, 0.6) is 0 Å². The molecule has 1 saturated carbocycles. The van der Waals surface area contributed by atoms with Crippen molar-refractivity contribution in [2.75, 3.05) is 11.4 Å². The Balaban J connectivity index is 2.09. The molecule has 0 aromatic carbocycles. The first-order chi connectivity index (χ1) is 10.1. The third kappa shape index (κ3) is 4.40. The molecule has 1 aliphatic carbocycles. The summed E-state index contributed by atoms with van der Waals surface area (Å²) in [6, 6.07) is 1.11. The van der Waals surface area contributed by atoms with Crippen molar-refractivity contribution in [3.8, 4) is 0 Å². The zero-order chi connectivity index (χ0) is 15.2. The molecule has 1 N–H and O–H groups in total. The van der Waals surface area contributed by atoms with E-state index in [0.717, 1.165) is 24.7 Å².